The van der Waals surface area contributed by atoms with Gasteiger partial charge in [-0.05, 0) is 47.6 Å². The van der Waals surface area contributed by atoms with Gasteiger partial charge in [0.15, 0.2) is 0 Å². The summed E-state index contributed by atoms with van der Waals surface area (Å²) in [5.41, 5.74) is -1.35. The molecule has 0 radical (unpaired) electrons. The van der Waals surface area contributed by atoms with Gasteiger partial charge in [0.25, 0.3) is 10.0 Å². The van der Waals surface area contributed by atoms with Crippen molar-refractivity contribution in [2.45, 2.75) is 57.6 Å². The average molecular weight is 440 g/mol. The number of aliphatic hydroxyl groups is 1. The molecule has 0 aliphatic heterocycles. The van der Waals surface area contributed by atoms with Gasteiger partial charge in [0, 0.05) is 18.1 Å². The van der Waals surface area contributed by atoms with Crippen LogP contribution in [0.1, 0.15) is 39.0 Å². The fourth-order valence-electron chi connectivity index (χ4n) is 2.52. The van der Waals surface area contributed by atoms with E-state index in [-0.39, 0.29) is 23.0 Å². The zero-order valence-corrected chi connectivity index (χ0v) is 19.1. The molecule has 0 atom stereocenters. The van der Waals surface area contributed by atoms with Crippen LogP contribution in [0.5, 0.6) is 0 Å². The molecule has 0 spiro atoms. The predicted molar refractivity (Wildman–Crippen MR) is 113 cm³/mol. The Morgan fingerprint density at radius 3 is 2.30 bits per heavy atom. The maximum atomic E-state index is 13.5. The second-order valence-corrected chi connectivity index (χ2v) is 9.88. The number of anilines is 1. The molecule has 0 unspecified atom stereocenters. The van der Waals surface area contributed by atoms with Crippen LogP contribution in [-0.2, 0) is 19.4 Å². The third kappa shape index (κ3) is 4.70. The van der Waals surface area contributed by atoms with E-state index >= 15 is 0 Å². The molecule has 2 aromatic rings. The molecule has 11 heteroatoms. The molecule has 0 saturated heterocycles. The monoisotopic (exact) mass is 440 g/mol. The van der Waals surface area contributed by atoms with Gasteiger partial charge in [-0.2, -0.15) is 0 Å². The quantitative estimate of drug-likeness (QED) is 0.443. The van der Waals surface area contributed by atoms with Gasteiger partial charge in [-0.3, -0.25) is 0 Å². The lowest BCUT2D eigenvalue weighted by molar-refractivity contribution is -0.0983. The standard InChI is InChI=1S/C19H29BN2O7S/c1-13-14(2)21-28-17(13)22(12-27-7)30(25,26)16-11-9-8-10-15(16)20(24)29-19(5,6)18(3,4)23/h8-11,23-24H,12H2,1-7H3. The van der Waals surface area contributed by atoms with E-state index in [2.05, 4.69) is 5.16 Å². The van der Waals surface area contributed by atoms with Gasteiger partial charge in [0.2, 0.25) is 5.88 Å². The van der Waals surface area contributed by atoms with Crippen molar-refractivity contribution >= 4 is 28.5 Å². The van der Waals surface area contributed by atoms with Crippen LogP contribution in [0.15, 0.2) is 33.7 Å². The topological polar surface area (TPSA) is 122 Å². The van der Waals surface area contributed by atoms with Crippen LogP contribution in [0.3, 0.4) is 0 Å². The van der Waals surface area contributed by atoms with E-state index in [1.807, 2.05) is 0 Å². The molecule has 0 aliphatic carbocycles. The molecule has 2 N–H and O–H groups in total. The van der Waals surface area contributed by atoms with Crippen LogP contribution >= 0.6 is 0 Å². The Bertz CT molecular complexity index is 983. The third-order valence-corrected chi connectivity index (χ3v) is 7.02. The molecule has 9 nitrogen and oxygen atoms in total. The number of ether oxygens (including phenoxy) is 1. The summed E-state index contributed by atoms with van der Waals surface area (Å²) >= 11 is 0. The van der Waals surface area contributed by atoms with Crippen LogP contribution in [0.25, 0.3) is 0 Å². The van der Waals surface area contributed by atoms with E-state index in [0.717, 1.165) is 4.31 Å². The number of benzene rings is 1. The highest BCUT2D eigenvalue weighted by molar-refractivity contribution is 7.93. The Morgan fingerprint density at radius 1 is 1.20 bits per heavy atom. The molecule has 0 fully saturated rings. The van der Waals surface area contributed by atoms with E-state index in [0.29, 0.717) is 11.3 Å². The van der Waals surface area contributed by atoms with E-state index in [9.17, 15) is 18.5 Å². The summed E-state index contributed by atoms with van der Waals surface area (Å²) in [6.07, 6.45) is 0. The first kappa shape index (κ1) is 24.4. The first-order chi connectivity index (χ1) is 13.7. The van der Waals surface area contributed by atoms with Gasteiger partial charge in [0.05, 0.1) is 21.8 Å². The van der Waals surface area contributed by atoms with Crippen molar-refractivity contribution in [2.24, 2.45) is 0 Å². The molecule has 1 heterocycles. The van der Waals surface area contributed by atoms with Crippen molar-refractivity contribution in [3.8, 4) is 0 Å². The average Bonchev–Trinajstić information content (AvgIpc) is 2.97. The number of aromatic nitrogens is 1. The number of rotatable bonds is 9. The minimum absolute atomic E-state index is 0.0184. The molecular formula is C19H29BN2O7S. The Hall–Kier alpha value is -1.92. The number of sulfonamides is 1. The largest absolute Gasteiger partial charge is 0.493 e. The van der Waals surface area contributed by atoms with E-state index in [1.165, 1.54) is 39.2 Å². The van der Waals surface area contributed by atoms with Crippen LogP contribution < -0.4 is 9.77 Å². The van der Waals surface area contributed by atoms with Crippen molar-refractivity contribution in [1.29, 1.82) is 0 Å². The summed E-state index contributed by atoms with van der Waals surface area (Å²) < 4.78 is 43.9. The lowest BCUT2D eigenvalue weighted by Crippen LogP contribution is -2.54. The van der Waals surface area contributed by atoms with Gasteiger partial charge >= 0.3 is 7.12 Å². The molecule has 0 aliphatic rings. The third-order valence-electron chi connectivity index (χ3n) is 5.24. The molecule has 0 saturated carbocycles. The maximum Gasteiger partial charge on any atom is 0.493 e. The van der Waals surface area contributed by atoms with Gasteiger partial charge in [-0.15, -0.1) is 0 Å². The van der Waals surface area contributed by atoms with Gasteiger partial charge in [0.1, 0.15) is 6.73 Å². The highest BCUT2D eigenvalue weighted by Gasteiger charge is 2.42. The Balaban J connectivity index is 2.54. The van der Waals surface area contributed by atoms with Gasteiger partial charge < -0.3 is 24.0 Å². The van der Waals surface area contributed by atoms with Crippen molar-refractivity contribution in [3.63, 3.8) is 0 Å². The van der Waals surface area contributed by atoms with Crippen molar-refractivity contribution in [2.75, 3.05) is 18.1 Å². The zero-order chi connectivity index (χ0) is 22.9. The van der Waals surface area contributed by atoms with Crippen molar-refractivity contribution < 1.29 is 32.5 Å². The van der Waals surface area contributed by atoms with Gasteiger partial charge in [-0.1, -0.05) is 23.4 Å². The molecule has 0 amide bonds. The number of nitrogens with zero attached hydrogens (tertiary/aromatic N) is 2. The fourth-order valence-corrected chi connectivity index (χ4v) is 4.10. The first-order valence-electron chi connectivity index (χ1n) is 9.35. The number of aryl methyl sites for hydroxylation is 1. The molecule has 166 valence electrons. The van der Waals surface area contributed by atoms with Gasteiger partial charge in [-0.25, -0.2) is 12.7 Å². The summed E-state index contributed by atoms with van der Waals surface area (Å²) in [4.78, 5) is -0.186. The van der Waals surface area contributed by atoms with Crippen LogP contribution in [-0.4, -0.2) is 55.9 Å². The Kier molecular flexibility index (Phi) is 7.04. The van der Waals surface area contributed by atoms with E-state index in [1.54, 1.807) is 33.8 Å². The fraction of sp³-hybridized carbons (Fsp3) is 0.526. The highest BCUT2D eigenvalue weighted by atomic mass is 32.2. The Morgan fingerprint density at radius 2 is 1.80 bits per heavy atom. The molecule has 30 heavy (non-hydrogen) atoms. The summed E-state index contributed by atoms with van der Waals surface area (Å²) in [6.45, 7) is 9.35. The highest BCUT2D eigenvalue weighted by Crippen LogP contribution is 2.29. The number of hydrogen-bond donors (Lipinski definition) is 2. The SMILES string of the molecule is COCN(c1onc(C)c1C)S(=O)(=O)c1ccccc1B(O)OC(C)(C)C(C)(C)O. The minimum Gasteiger partial charge on any atom is -0.423 e. The second-order valence-electron chi connectivity index (χ2n) is 8.05. The molecule has 1 aromatic heterocycles. The molecule has 2 rings (SSSR count). The number of methoxy groups -OCH3 is 1. The smallest absolute Gasteiger partial charge is 0.423 e. The number of hydrogen-bond acceptors (Lipinski definition) is 8. The predicted octanol–water partition coefficient (Wildman–Crippen LogP) is 1.34. The normalized spacial score (nSPS) is 12.8. The summed E-state index contributed by atoms with van der Waals surface area (Å²) in [5.74, 6) is 0.0244. The second kappa shape index (κ2) is 8.68. The van der Waals surface area contributed by atoms with Crippen LogP contribution in [0.2, 0.25) is 0 Å². The van der Waals surface area contributed by atoms with Crippen molar-refractivity contribution in [3.05, 3.63) is 35.5 Å². The van der Waals surface area contributed by atoms with E-state index in [4.69, 9.17) is 13.9 Å². The Labute approximate surface area is 177 Å². The van der Waals surface area contributed by atoms with E-state index < -0.39 is 28.3 Å². The minimum atomic E-state index is -4.22. The van der Waals surface area contributed by atoms with Crippen LogP contribution in [0.4, 0.5) is 5.88 Å². The van der Waals surface area contributed by atoms with Crippen LogP contribution in [0, 0.1) is 13.8 Å². The summed E-state index contributed by atoms with van der Waals surface area (Å²) in [6, 6.07) is 5.92. The summed E-state index contributed by atoms with van der Waals surface area (Å²) in [5, 5.41) is 24.9. The lowest BCUT2D eigenvalue weighted by atomic mass is 9.76. The molecule has 0 bridgehead atoms. The first-order valence-corrected chi connectivity index (χ1v) is 10.8. The summed E-state index contributed by atoms with van der Waals surface area (Å²) in [7, 11) is -4.47. The molecular weight excluding hydrogens is 411 g/mol. The zero-order valence-electron chi connectivity index (χ0n) is 18.3. The van der Waals surface area contributed by atoms with Crippen molar-refractivity contribution in [1.82, 2.24) is 5.16 Å². The lowest BCUT2D eigenvalue weighted by Gasteiger charge is -2.38. The molecule has 1 aromatic carbocycles. The maximum absolute atomic E-state index is 13.5.